The first-order chi connectivity index (χ1) is 9.11. The normalized spacial score (nSPS) is 10.5. The number of rotatable bonds is 4. The van der Waals surface area contributed by atoms with Gasteiger partial charge in [0.1, 0.15) is 12.4 Å². The standard InChI is InChI=1S/C14H11Cl3O2/c15-11-5-10(7-18)14(13(17)6-11)19-8-9-3-1-2-4-12(9)16/h1-6,18H,7-8H2. The Hall–Kier alpha value is -0.930. The van der Waals surface area contributed by atoms with Crippen LogP contribution in [0.4, 0.5) is 0 Å². The minimum Gasteiger partial charge on any atom is -0.487 e. The van der Waals surface area contributed by atoms with Gasteiger partial charge in [0.2, 0.25) is 0 Å². The molecule has 0 radical (unpaired) electrons. The lowest BCUT2D eigenvalue weighted by Gasteiger charge is -2.13. The average Bonchev–Trinajstić information content (AvgIpc) is 2.38. The Kier molecular flexibility index (Phi) is 4.94. The number of hydrogen-bond acceptors (Lipinski definition) is 2. The molecule has 1 N–H and O–H groups in total. The second-order valence-electron chi connectivity index (χ2n) is 3.91. The molecule has 2 rings (SSSR count). The van der Waals surface area contributed by atoms with Gasteiger partial charge in [-0.2, -0.15) is 0 Å². The van der Waals surface area contributed by atoms with Crippen molar-refractivity contribution in [3.63, 3.8) is 0 Å². The molecular formula is C14H11Cl3O2. The van der Waals surface area contributed by atoms with Crippen molar-refractivity contribution < 1.29 is 9.84 Å². The predicted octanol–water partition coefficient (Wildman–Crippen LogP) is 4.72. The van der Waals surface area contributed by atoms with E-state index in [0.29, 0.717) is 26.4 Å². The molecule has 2 aromatic carbocycles. The van der Waals surface area contributed by atoms with E-state index >= 15 is 0 Å². The topological polar surface area (TPSA) is 29.5 Å². The fourth-order valence-electron chi connectivity index (χ4n) is 1.66. The van der Waals surface area contributed by atoms with Crippen LogP contribution in [0.5, 0.6) is 5.75 Å². The van der Waals surface area contributed by atoms with Gasteiger partial charge in [0.15, 0.2) is 0 Å². The molecule has 0 fully saturated rings. The highest BCUT2D eigenvalue weighted by atomic mass is 35.5. The average molecular weight is 318 g/mol. The van der Waals surface area contributed by atoms with E-state index in [1.165, 1.54) is 0 Å². The van der Waals surface area contributed by atoms with Gasteiger partial charge in [-0.15, -0.1) is 0 Å². The minimum absolute atomic E-state index is 0.196. The van der Waals surface area contributed by atoms with Gasteiger partial charge >= 0.3 is 0 Å². The van der Waals surface area contributed by atoms with Crippen LogP contribution in [0.3, 0.4) is 0 Å². The van der Waals surface area contributed by atoms with E-state index in [2.05, 4.69) is 0 Å². The molecule has 0 unspecified atom stereocenters. The van der Waals surface area contributed by atoms with Crippen molar-refractivity contribution in [2.75, 3.05) is 0 Å². The van der Waals surface area contributed by atoms with Crippen LogP contribution in [0.15, 0.2) is 36.4 Å². The van der Waals surface area contributed by atoms with Gasteiger partial charge in [0.25, 0.3) is 0 Å². The van der Waals surface area contributed by atoms with E-state index in [-0.39, 0.29) is 13.2 Å². The predicted molar refractivity (Wildman–Crippen MR) is 78.2 cm³/mol. The molecule has 0 bridgehead atoms. The molecule has 0 aliphatic rings. The van der Waals surface area contributed by atoms with Crippen LogP contribution in [0.1, 0.15) is 11.1 Å². The second-order valence-corrected chi connectivity index (χ2v) is 5.16. The highest BCUT2D eigenvalue weighted by Crippen LogP contribution is 2.33. The van der Waals surface area contributed by atoms with E-state index in [9.17, 15) is 5.11 Å². The Morgan fingerprint density at radius 3 is 2.37 bits per heavy atom. The summed E-state index contributed by atoms with van der Waals surface area (Å²) in [5, 5.41) is 10.7. The van der Waals surface area contributed by atoms with Gasteiger partial charge in [-0.25, -0.2) is 0 Å². The Labute approximate surface area is 126 Å². The van der Waals surface area contributed by atoms with Gasteiger partial charge in [-0.1, -0.05) is 53.0 Å². The van der Waals surface area contributed by atoms with Crippen molar-refractivity contribution in [3.8, 4) is 5.75 Å². The summed E-state index contributed by atoms with van der Waals surface area (Å²) < 4.78 is 5.65. The van der Waals surface area contributed by atoms with E-state index < -0.39 is 0 Å². The number of aliphatic hydroxyl groups is 1. The molecule has 19 heavy (non-hydrogen) atoms. The first-order valence-electron chi connectivity index (χ1n) is 5.57. The van der Waals surface area contributed by atoms with Crippen LogP contribution in [-0.2, 0) is 13.2 Å². The third-order valence-electron chi connectivity index (χ3n) is 2.59. The number of benzene rings is 2. The fourth-order valence-corrected chi connectivity index (χ4v) is 2.44. The molecule has 0 amide bonds. The van der Waals surface area contributed by atoms with E-state index in [1.807, 2.05) is 18.2 Å². The van der Waals surface area contributed by atoms with Gasteiger partial charge in [-0.05, 0) is 18.2 Å². The summed E-state index contributed by atoms with van der Waals surface area (Å²) in [6, 6.07) is 10.6. The number of halogens is 3. The lowest BCUT2D eigenvalue weighted by molar-refractivity contribution is 0.259. The molecule has 0 saturated carbocycles. The van der Waals surface area contributed by atoms with Crippen molar-refractivity contribution in [2.45, 2.75) is 13.2 Å². The highest BCUT2D eigenvalue weighted by Gasteiger charge is 2.11. The molecule has 0 saturated heterocycles. The quantitative estimate of drug-likeness (QED) is 0.884. The summed E-state index contributed by atoms with van der Waals surface area (Å²) >= 11 is 18.0. The minimum atomic E-state index is -0.196. The molecule has 0 heterocycles. The third-order valence-corrected chi connectivity index (χ3v) is 3.45. The summed E-state index contributed by atoms with van der Waals surface area (Å²) in [5.74, 6) is 0.425. The number of aliphatic hydroxyl groups excluding tert-OH is 1. The Morgan fingerprint density at radius 2 is 1.68 bits per heavy atom. The van der Waals surface area contributed by atoms with Crippen molar-refractivity contribution in [3.05, 3.63) is 62.6 Å². The number of ether oxygens (including phenoxy) is 1. The van der Waals surface area contributed by atoms with Crippen LogP contribution in [0.2, 0.25) is 15.1 Å². The molecule has 2 nitrogen and oxygen atoms in total. The molecule has 100 valence electrons. The van der Waals surface area contributed by atoms with Crippen LogP contribution < -0.4 is 4.74 Å². The maximum Gasteiger partial charge on any atom is 0.144 e. The summed E-state index contributed by atoms with van der Waals surface area (Å²) in [7, 11) is 0. The SMILES string of the molecule is OCc1cc(Cl)cc(Cl)c1OCc1ccccc1Cl. The van der Waals surface area contributed by atoms with Crippen molar-refractivity contribution in [1.29, 1.82) is 0 Å². The lowest BCUT2D eigenvalue weighted by Crippen LogP contribution is -2.00. The Morgan fingerprint density at radius 1 is 0.947 bits per heavy atom. The van der Waals surface area contributed by atoms with E-state index in [1.54, 1.807) is 18.2 Å². The van der Waals surface area contributed by atoms with Crippen molar-refractivity contribution >= 4 is 34.8 Å². The maximum absolute atomic E-state index is 9.30. The van der Waals surface area contributed by atoms with Gasteiger partial charge < -0.3 is 9.84 Å². The molecule has 5 heteroatoms. The largest absolute Gasteiger partial charge is 0.487 e. The van der Waals surface area contributed by atoms with Crippen LogP contribution in [0.25, 0.3) is 0 Å². The van der Waals surface area contributed by atoms with Crippen LogP contribution >= 0.6 is 34.8 Å². The molecule has 0 atom stereocenters. The monoisotopic (exact) mass is 316 g/mol. The van der Waals surface area contributed by atoms with E-state index in [0.717, 1.165) is 5.56 Å². The fraction of sp³-hybridized carbons (Fsp3) is 0.143. The molecule has 0 aliphatic heterocycles. The van der Waals surface area contributed by atoms with Gasteiger partial charge in [0, 0.05) is 21.2 Å². The molecule has 0 spiro atoms. The first-order valence-corrected chi connectivity index (χ1v) is 6.70. The van der Waals surface area contributed by atoms with E-state index in [4.69, 9.17) is 39.5 Å². The molecule has 2 aromatic rings. The highest BCUT2D eigenvalue weighted by molar-refractivity contribution is 6.35. The summed E-state index contributed by atoms with van der Waals surface area (Å²) in [4.78, 5) is 0. The van der Waals surface area contributed by atoms with Crippen molar-refractivity contribution in [1.82, 2.24) is 0 Å². The van der Waals surface area contributed by atoms with Crippen LogP contribution in [-0.4, -0.2) is 5.11 Å². The summed E-state index contributed by atoms with van der Waals surface area (Å²) in [5.41, 5.74) is 1.39. The van der Waals surface area contributed by atoms with Crippen LogP contribution in [0, 0.1) is 0 Å². The lowest BCUT2D eigenvalue weighted by atomic mass is 10.2. The Balaban J connectivity index is 2.22. The second kappa shape index (κ2) is 6.49. The molecule has 0 aromatic heterocycles. The summed E-state index contributed by atoms with van der Waals surface area (Å²) in [6.07, 6.45) is 0. The molecule has 0 aliphatic carbocycles. The zero-order valence-corrected chi connectivity index (χ0v) is 12.1. The zero-order valence-electron chi connectivity index (χ0n) is 9.87. The Bertz CT molecular complexity index is 585. The van der Waals surface area contributed by atoms with Gasteiger partial charge in [-0.3, -0.25) is 0 Å². The summed E-state index contributed by atoms with van der Waals surface area (Å²) in [6.45, 7) is 0.0756. The number of hydrogen-bond donors (Lipinski definition) is 1. The smallest absolute Gasteiger partial charge is 0.144 e. The molecular weight excluding hydrogens is 307 g/mol. The maximum atomic E-state index is 9.30. The third kappa shape index (κ3) is 3.54. The van der Waals surface area contributed by atoms with Crippen molar-refractivity contribution in [2.24, 2.45) is 0 Å². The zero-order chi connectivity index (χ0) is 13.8. The van der Waals surface area contributed by atoms with Gasteiger partial charge in [0.05, 0.1) is 11.6 Å². The first kappa shape index (κ1) is 14.5.